The normalized spacial score (nSPS) is 17.3. The smallest absolute Gasteiger partial charge is 0.293 e. The first-order valence-corrected chi connectivity index (χ1v) is 7.98. The van der Waals surface area contributed by atoms with E-state index in [-0.39, 0.29) is 11.8 Å². The van der Waals surface area contributed by atoms with Crippen molar-refractivity contribution in [2.45, 2.75) is 19.3 Å². The minimum atomic E-state index is -0.120. The van der Waals surface area contributed by atoms with Crippen molar-refractivity contribution in [1.29, 1.82) is 0 Å². The van der Waals surface area contributed by atoms with E-state index in [0.29, 0.717) is 30.4 Å². The van der Waals surface area contributed by atoms with Gasteiger partial charge in [0.15, 0.2) is 11.6 Å². The van der Waals surface area contributed by atoms with Crippen LogP contribution in [0.25, 0.3) is 11.7 Å². The Balaban J connectivity index is 1.59. The van der Waals surface area contributed by atoms with Crippen molar-refractivity contribution in [3.63, 3.8) is 0 Å². The lowest BCUT2D eigenvalue weighted by Crippen LogP contribution is -2.25. The fourth-order valence-electron chi connectivity index (χ4n) is 3.02. The van der Waals surface area contributed by atoms with Gasteiger partial charge in [0.25, 0.3) is 5.89 Å². The van der Waals surface area contributed by atoms with Gasteiger partial charge in [-0.05, 0) is 30.7 Å². The number of anilines is 1. The highest BCUT2D eigenvalue weighted by Crippen LogP contribution is 2.34. The van der Waals surface area contributed by atoms with Crippen LogP contribution in [0.5, 0.6) is 5.75 Å². The molecule has 0 spiro atoms. The van der Waals surface area contributed by atoms with Gasteiger partial charge in [0, 0.05) is 24.9 Å². The van der Waals surface area contributed by atoms with Crippen LogP contribution in [0.1, 0.15) is 23.7 Å². The number of rotatable bonds is 4. The molecule has 1 amide bonds. The molecule has 3 heterocycles. The molecule has 25 heavy (non-hydrogen) atoms. The van der Waals surface area contributed by atoms with E-state index in [2.05, 4.69) is 10.1 Å². The molecule has 1 saturated heterocycles. The second-order valence-corrected chi connectivity index (χ2v) is 5.99. The molecule has 0 N–H and O–H groups in total. The van der Waals surface area contributed by atoms with E-state index in [1.165, 1.54) is 0 Å². The van der Waals surface area contributed by atoms with Crippen molar-refractivity contribution in [1.82, 2.24) is 10.1 Å². The summed E-state index contributed by atoms with van der Waals surface area (Å²) in [7, 11) is 1.61. The van der Waals surface area contributed by atoms with Crippen LogP contribution in [0.4, 0.5) is 5.69 Å². The number of ether oxygens (including phenoxy) is 1. The predicted molar refractivity (Wildman–Crippen MR) is 89.4 cm³/mol. The Morgan fingerprint density at radius 1 is 1.32 bits per heavy atom. The molecule has 2 aromatic heterocycles. The maximum Gasteiger partial charge on any atom is 0.293 e. The molecule has 0 radical (unpaired) electrons. The monoisotopic (exact) mass is 339 g/mol. The zero-order valence-electron chi connectivity index (χ0n) is 13.9. The zero-order valence-corrected chi connectivity index (χ0v) is 13.9. The lowest BCUT2D eigenvalue weighted by atomic mass is 10.1. The van der Waals surface area contributed by atoms with Crippen molar-refractivity contribution in [3.05, 3.63) is 48.0 Å². The molecule has 0 aliphatic carbocycles. The number of carbonyl (C=O) groups excluding carboxylic acids is 1. The third-order valence-corrected chi connectivity index (χ3v) is 4.37. The summed E-state index contributed by atoms with van der Waals surface area (Å²) in [5, 5.41) is 4.02. The summed E-state index contributed by atoms with van der Waals surface area (Å²) in [6.07, 6.45) is 1.89. The number of benzene rings is 1. The summed E-state index contributed by atoms with van der Waals surface area (Å²) in [5.41, 5.74) is 1.86. The Bertz CT molecular complexity index is 901. The summed E-state index contributed by atoms with van der Waals surface area (Å²) in [4.78, 5) is 18.7. The number of aryl methyl sites for hydroxylation is 1. The number of furan rings is 1. The van der Waals surface area contributed by atoms with Gasteiger partial charge in [-0.2, -0.15) is 4.98 Å². The van der Waals surface area contributed by atoms with Crippen LogP contribution < -0.4 is 9.64 Å². The van der Waals surface area contributed by atoms with E-state index in [0.717, 1.165) is 17.0 Å². The number of hydrogen-bond acceptors (Lipinski definition) is 6. The Hall–Kier alpha value is -3.09. The molecule has 1 unspecified atom stereocenters. The van der Waals surface area contributed by atoms with Gasteiger partial charge in [-0.3, -0.25) is 4.79 Å². The van der Waals surface area contributed by atoms with Gasteiger partial charge < -0.3 is 18.6 Å². The summed E-state index contributed by atoms with van der Waals surface area (Å²) < 4.78 is 15.8. The topological polar surface area (TPSA) is 81.6 Å². The lowest BCUT2D eigenvalue weighted by Gasteiger charge is -2.19. The van der Waals surface area contributed by atoms with E-state index in [1.54, 1.807) is 30.4 Å². The van der Waals surface area contributed by atoms with Crippen molar-refractivity contribution in [3.8, 4) is 17.4 Å². The highest BCUT2D eigenvalue weighted by molar-refractivity contribution is 5.97. The second-order valence-electron chi connectivity index (χ2n) is 5.99. The molecule has 0 bridgehead atoms. The van der Waals surface area contributed by atoms with Crippen LogP contribution in [-0.2, 0) is 4.79 Å². The summed E-state index contributed by atoms with van der Waals surface area (Å²) in [6, 6.07) is 9.21. The Morgan fingerprint density at radius 2 is 2.20 bits per heavy atom. The molecule has 1 aliphatic rings. The number of amides is 1. The van der Waals surface area contributed by atoms with Crippen LogP contribution in [0.3, 0.4) is 0 Å². The Labute approximate surface area is 144 Å². The number of methoxy groups -OCH3 is 1. The fourth-order valence-corrected chi connectivity index (χ4v) is 3.02. The van der Waals surface area contributed by atoms with Crippen LogP contribution in [0.15, 0.2) is 45.5 Å². The average molecular weight is 339 g/mol. The van der Waals surface area contributed by atoms with Gasteiger partial charge in [0.2, 0.25) is 5.91 Å². The van der Waals surface area contributed by atoms with E-state index in [9.17, 15) is 4.79 Å². The predicted octanol–water partition coefficient (Wildman–Crippen LogP) is 3.17. The van der Waals surface area contributed by atoms with Gasteiger partial charge in [-0.25, -0.2) is 0 Å². The molecule has 3 aromatic rings. The standard InChI is InChI=1S/C18H17N3O4/c1-11-5-6-13(23-2)9-14(11)21-10-12(8-16(21)22)17-19-18(25-20-17)15-4-3-7-24-15/h3-7,9,12H,8,10H2,1-2H3. The number of nitrogens with zero attached hydrogens (tertiary/aromatic N) is 3. The minimum absolute atomic E-state index is 0.0331. The van der Waals surface area contributed by atoms with Crippen molar-refractivity contribution < 1.29 is 18.5 Å². The zero-order chi connectivity index (χ0) is 17.4. The molecule has 7 nitrogen and oxygen atoms in total. The molecule has 1 aliphatic heterocycles. The maximum absolute atomic E-state index is 12.5. The first-order chi connectivity index (χ1) is 12.2. The van der Waals surface area contributed by atoms with Gasteiger partial charge in [-0.1, -0.05) is 11.2 Å². The van der Waals surface area contributed by atoms with Crippen molar-refractivity contribution >= 4 is 11.6 Å². The molecule has 1 atom stereocenters. The SMILES string of the molecule is COc1ccc(C)c(N2CC(c3noc(-c4ccco4)n3)CC2=O)c1. The third-order valence-electron chi connectivity index (χ3n) is 4.37. The quantitative estimate of drug-likeness (QED) is 0.726. The third kappa shape index (κ3) is 2.77. The molecule has 0 saturated carbocycles. The van der Waals surface area contributed by atoms with Crippen molar-refractivity contribution in [2.75, 3.05) is 18.6 Å². The first kappa shape index (κ1) is 15.4. The average Bonchev–Trinajstić information content (AvgIpc) is 3.35. The van der Waals surface area contributed by atoms with E-state index < -0.39 is 0 Å². The molecule has 7 heteroatoms. The highest BCUT2D eigenvalue weighted by Gasteiger charge is 2.35. The van der Waals surface area contributed by atoms with Crippen LogP contribution in [0.2, 0.25) is 0 Å². The van der Waals surface area contributed by atoms with Gasteiger partial charge in [-0.15, -0.1) is 0 Å². The second kappa shape index (κ2) is 6.08. The Kier molecular flexibility index (Phi) is 3.76. The van der Waals surface area contributed by atoms with Gasteiger partial charge in [0.1, 0.15) is 5.75 Å². The number of carbonyl (C=O) groups is 1. The Morgan fingerprint density at radius 3 is 2.96 bits per heavy atom. The maximum atomic E-state index is 12.5. The summed E-state index contributed by atoms with van der Waals surface area (Å²) in [5.74, 6) is 1.99. The summed E-state index contributed by atoms with van der Waals surface area (Å²) in [6.45, 7) is 2.47. The van der Waals surface area contributed by atoms with Crippen molar-refractivity contribution in [2.24, 2.45) is 0 Å². The lowest BCUT2D eigenvalue weighted by molar-refractivity contribution is -0.117. The molecular formula is C18H17N3O4. The van der Waals surface area contributed by atoms with Gasteiger partial charge >= 0.3 is 0 Å². The fraction of sp³-hybridized carbons (Fsp3) is 0.278. The number of aromatic nitrogens is 2. The first-order valence-electron chi connectivity index (χ1n) is 7.98. The van der Waals surface area contributed by atoms with E-state index in [4.69, 9.17) is 13.7 Å². The molecule has 1 fully saturated rings. The summed E-state index contributed by atoms with van der Waals surface area (Å²) >= 11 is 0. The van der Waals surface area contributed by atoms with E-state index >= 15 is 0 Å². The molecule has 128 valence electrons. The van der Waals surface area contributed by atoms with Gasteiger partial charge in [0.05, 0.1) is 19.1 Å². The minimum Gasteiger partial charge on any atom is -0.497 e. The highest BCUT2D eigenvalue weighted by atomic mass is 16.5. The van der Waals surface area contributed by atoms with Crippen LogP contribution in [-0.4, -0.2) is 29.7 Å². The molecular weight excluding hydrogens is 322 g/mol. The molecule has 4 rings (SSSR count). The van der Waals surface area contributed by atoms with E-state index in [1.807, 2.05) is 25.1 Å². The van der Waals surface area contributed by atoms with Crippen LogP contribution in [0, 0.1) is 6.92 Å². The largest absolute Gasteiger partial charge is 0.497 e. The van der Waals surface area contributed by atoms with Crippen LogP contribution >= 0.6 is 0 Å². The number of hydrogen-bond donors (Lipinski definition) is 0. The molecule has 1 aromatic carbocycles.